The van der Waals surface area contributed by atoms with Crippen molar-refractivity contribution < 1.29 is 17.0 Å². The first kappa shape index (κ1) is 26.0. The van der Waals surface area contributed by atoms with Gasteiger partial charge >= 0.3 is 0 Å². The first-order valence-electron chi connectivity index (χ1n) is 11.1. The van der Waals surface area contributed by atoms with E-state index in [1.165, 1.54) is 16.7 Å². The molecule has 0 amide bonds. The third-order valence-corrected chi connectivity index (χ3v) is 9.70. The van der Waals surface area contributed by atoms with E-state index in [-0.39, 0.29) is 18.0 Å². The summed E-state index contributed by atoms with van der Waals surface area (Å²) in [5.74, 6) is 0. The van der Waals surface area contributed by atoms with E-state index in [0.29, 0.717) is 11.6 Å². The van der Waals surface area contributed by atoms with Gasteiger partial charge in [0.15, 0.2) is 12.7 Å². The van der Waals surface area contributed by atoms with Gasteiger partial charge in [-0.2, -0.15) is 4.57 Å². The third-order valence-electron chi connectivity index (χ3n) is 6.15. The SMILES string of the molecule is CCn1c(=O)/c(=C2\Sc3cc(Cl)ccc3N2C)s/c1=C\c1scc[n+]1Cc1c(C)cccc1C.[Cl-]. The number of thiazole rings is 2. The standard InChI is InChI=1S/C26H25ClN3OS3.ClH/c1-5-30-23(14-22-29(11-12-32-22)15-19-16(2)7-6-8-17(19)3)34-24(25(30)31)26-28(4)20-10-9-18(27)13-21(20)33-26;/h6-14H,5,15H2,1-4H3;1H/q+1;/p-1/b26-24+;. The number of halogens is 2. The molecule has 0 radical (unpaired) electrons. The van der Waals surface area contributed by atoms with Gasteiger partial charge in [-0.15, -0.1) is 11.3 Å². The number of rotatable bonds is 4. The first-order chi connectivity index (χ1) is 16.4. The molecule has 9 heteroatoms. The van der Waals surface area contributed by atoms with Crippen LogP contribution in [-0.4, -0.2) is 11.6 Å². The largest absolute Gasteiger partial charge is 1.00 e. The smallest absolute Gasteiger partial charge is 0.271 e. The second-order valence-electron chi connectivity index (χ2n) is 8.28. The zero-order valence-electron chi connectivity index (χ0n) is 19.8. The summed E-state index contributed by atoms with van der Waals surface area (Å²) in [6, 6.07) is 12.3. The molecule has 1 aliphatic heterocycles. The summed E-state index contributed by atoms with van der Waals surface area (Å²) < 4.78 is 5.88. The van der Waals surface area contributed by atoms with Crippen LogP contribution in [0.3, 0.4) is 0 Å². The average Bonchev–Trinajstić information content (AvgIpc) is 3.47. The maximum Gasteiger partial charge on any atom is 0.271 e. The third kappa shape index (κ3) is 4.85. The topological polar surface area (TPSA) is 29.1 Å². The Morgan fingerprint density at radius 3 is 2.60 bits per heavy atom. The summed E-state index contributed by atoms with van der Waals surface area (Å²) in [5.41, 5.74) is 5.08. The molecule has 0 bridgehead atoms. The van der Waals surface area contributed by atoms with Gasteiger partial charge in [0.05, 0.1) is 17.1 Å². The van der Waals surface area contributed by atoms with Crippen LogP contribution in [0.4, 0.5) is 5.69 Å². The zero-order chi connectivity index (χ0) is 24.0. The maximum atomic E-state index is 13.4. The van der Waals surface area contributed by atoms with Crippen molar-refractivity contribution in [1.29, 1.82) is 0 Å². The Kier molecular flexibility index (Phi) is 7.83. The summed E-state index contributed by atoms with van der Waals surface area (Å²) in [6.45, 7) is 7.80. The Labute approximate surface area is 228 Å². The minimum Gasteiger partial charge on any atom is -1.00 e. The van der Waals surface area contributed by atoms with E-state index in [0.717, 1.165) is 36.4 Å². The Bertz CT molecular complexity index is 1570. The molecule has 0 N–H and O–H groups in total. The van der Waals surface area contributed by atoms with Crippen molar-refractivity contribution in [3.63, 3.8) is 0 Å². The molecular weight excluding hydrogens is 537 g/mol. The van der Waals surface area contributed by atoms with Gasteiger partial charge in [0.2, 0.25) is 0 Å². The van der Waals surface area contributed by atoms with Gasteiger partial charge < -0.3 is 17.3 Å². The lowest BCUT2D eigenvalue weighted by Gasteiger charge is -2.12. The van der Waals surface area contributed by atoms with Crippen LogP contribution in [0.2, 0.25) is 5.02 Å². The minimum absolute atomic E-state index is 0. The number of thioether (sulfide) groups is 1. The number of benzene rings is 2. The van der Waals surface area contributed by atoms with Crippen LogP contribution in [0.5, 0.6) is 0 Å². The fraction of sp³-hybridized carbons (Fsp3) is 0.231. The second-order valence-corrected chi connectivity index (χ2v) is 11.7. The summed E-state index contributed by atoms with van der Waals surface area (Å²) >= 11 is 11.1. The maximum absolute atomic E-state index is 13.4. The molecule has 5 rings (SSSR count). The second kappa shape index (κ2) is 10.5. The quantitative estimate of drug-likeness (QED) is 0.355. The highest BCUT2D eigenvalue weighted by molar-refractivity contribution is 8.08. The highest BCUT2D eigenvalue weighted by atomic mass is 35.5. The molecule has 182 valence electrons. The van der Waals surface area contributed by atoms with Crippen LogP contribution in [0, 0.1) is 13.8 Å². The molecule has 1 aliphatic rings. The van der Waals surface area contributed by atoms with E-state index < -0.39 is 0 Å². The first-order valence-corrected chi connectivity index (χ1v) is 13.9. The molecule has 4 aromatic rings. The highest BCUT2D eigenvalue weighted by Crippen LogP contribution is 2.46. The highest BCUT2D eigenvalue weighted by Gasteiger charge is 2.25. The van der Waals surface area contributed by atoms with Gasteiger partial charge in [0.25, 0.3) is 10.6 Å². The van der Waals surface area contributed by atoms with E-state index in [2.05, 4.69) is 59.2 Å². The number of aromatic nitrogens is 2. The Hall–Kier alpha value is -2.03. The Morgan fingerprint density at radius 2 is 1.89 bits per heavy atom. The molecule has 0 saturated carbocycles. The molecular formula is C26H25Cl2N3OS3. The van der Waals surface area contributed by atoms with Gasteiger partial charge in [-0.1, -0.05) is 52.9 Å². The molecule has 0 atom stereocenters. The zero-order valence-corrected chi connectivity index (χ0v) is 23.8. The van der Waals surface area contributed by atoms with E-state index in [4.69, 9.17) is 11.6 Å². The van der Waals surface area contributed by atoms with Crippen molar-refractivity contribution in [1.82, 2.24) is 4.57 Å². The van der Waals surface area contributed by atoms with E-state index in [1.807, 2.05) is 36.7 Å². The summed E-state index contributed by atoms with van der Waals surface area (Å²) in [7, 11) is 2.01. The van der Waals surface area contributed by atoms with Crippen LogP contribution in [0.25, 0.3) is 11.1 Å². The molecule has 2 aromatic heterocycles. The number of aryl methyl sites for hydroxylation is 2. The van der Waals surface area contributed by atoms with Crippen LogP contribution in [0.1, 0.15) is 28.6 Å². The van der Waals surface area contributed by atoms with Crippen molar-refractivity contribution in [2.75, 3.05) is 11.9 Å². The van der Waals surface area contributed by atoms with Crippen molar-refractivity contribution in [3.05, 3.63) is 94.2 Å². The van der Waals surface area contributed by atoms with Crippen molar-refractivity contribution in [2.45, 2.75) is 38.8 Å². The van der Waals surface area contributed by atoms with E-state index in [1.54, 1.807) is 34.4 Å². The molecule has 35 heavy (non-hydrogen) atoms. The van der Waals surface area contributed by atoms with Gasteiger partial charge in [0, 0.05) is 29.1 Å². The molecule has 0 unspecified atom stereocenters. The summed E-state index contributed by atoms with van der Waals surface area (Å²) in [5, 5.41) is 4.91. The van der Waals surface area contributed by atoms with Crippen LogP contribution in [0.15, 0.2) is 57.7 Å². The van der Waals surface area contributed by atoms with Gasteiger partial charge in [0.1, 0.15) is 14.2 Å². The van der Waals surface area contributed by atoms with Crippen LogP contribution in [-0.2, 0) is 13.1 Å². The monoisotopic (exact) mass is 561 g/mol. The number of hydrogen-bond donors (Lipinski definition) is 0. The molecule has 2 aromatic carbocycles. The van der Waals surface area contributed by atoms with Gasteiger partial charge in [-0.05, 0) is 50.1 Å². The minimum atomic E-state index is 0. The van der Waals surface area contributed by atoms with Gasteiger partial charge in [-0.25, -0.2) is 0 Å². The van der Waals surface area contributed by atoms with Gasteiger partial charge in [-0.3, -0.25) is 9.36 Å². The lowest BCUT2D eigenvalue weighted by molar-refractivity contribution is -0.685. The van der Waals surface area contributed by atoms with Crippen molar-refractivity contribution in [2.24, 2.45) is 0 Å². The molecule has 0 fully saturated rings. The molecule has 3 heterocycles. The predicted octanol–water partition coefficient (Wildman–Crippen LogP) is 1.74. The summed E-state index contributed by atoms with van der Waals surface area (Å²) in [6.07, 6.45) is 4.28. The molecule has 0 saturated heterocycles. The fourth-order valence-corrected chi connectivity index (χ4v) is 7.82. The number of nitrogens with zero attached hydrogens (tertiary/aromatic N) is 3. The normalized spacial score (nSPS) is 14.9. The number of hydrogen-bond acceptors (Lipinski definition) is 5. The Balaban J connectivity index is 0.00000289. The van der Waals surface area contributed by atoms with Crippen molar-refractivity contribution in [3.8, 4) is 0 Å². The molecule has 4 nitrogen and oxygen atoms in total. The van der Waals surface area contributed by atoms with Crippen LogP contribution >= 0.6 is 46.0 Å². The van der Waals surface area contributed by atoms with Crippen molar-refractivity contribution >= 4 is 62.8 Å². The lowest BCUT2D eigenvalue weighted by atomic mass is 10.0. The predicted molar refractivity (Wildman–Crippen MR) is 146 cm³/mol. The fourth-order valence-electron chi connectivity index (χ4n) is 4.23. The van der Waals surface area contributed by atoms with Crippen LogP contribution < -0.4 is 36.6 Å². The average molecular weight is 563 g/mol. The molecule has 0 aliphatic carbocycles. The molecule has 0 spiro atoms. The van der Waals surface area contributed by atoms with E-state index >= 15 is 0 Å². The Morgan fingerprint density at radius 1 is 1.14 bits per heavy atom. The number of anilines is 1. The number of fused-ring (bicyclic) bond motifs is 1. The van der Waals surface area contributed by atoms with E-state index in [9.17, 15) is 4.79 Å². The lowest BCUT2D eigenvalue weighted by Crippen LogP contribution is -3.00. The summed E-state index contributed by atoms with van der Waals surface area (Å²) in [4.78, 5) is 16.6.